The van der Waals surface area contributed by atoms with Crippen LogP contribution in [0.15, 0.2) is 245 Å². The van der Waals surface area contributed by atoms with Crippen LogP contribution in [0.2, 0.25) is 19.6 Å². The summed E-state index contributed by atoms with van der Waals surface area (Å²) in [5.74, 6) is 0. The van der Waals surface area contributed by atoms with Crippen molar-refractivity contribution in [3.05, 3.63) is 242 Å². The third kappa shape index (κ3) is 6.79. The molecule has 0 aliphatic rings. The molecular weight excluding hydrogens is 967 g/mol. The lowest BCUT2D eigenvalue weighted by Gasteiger charge is -2.27. The standard InChI is InChI=1S/C72H51N3O2Si/c1-44-24-28-51(29-25-44)73(64-20-12-18-58-56-16-8-10-22-68(56)76-71(58)64)53-30-26-46-38-60-62-40-50(45-14-6-5-7-15-45)41-63-61-39-47-27-31-54(37-49(47)43-67(61)75(70(62)63)66(60)42-48(46)36-53)74(52-32-34-55(35-33-52)78(2,3)4)65-21-13-19-59-57-17-9-11-23-69(57)77-72(59)65/h5-43H,1-4H3. The number of benzene rings is 12. The van der Waals surface area contributed by atoms with Crippen molar-refractivity contribution < 1.29 is 8.83 Å². The molecule has 16 aromatic rings. The van der Waals surface area contributed by atoms with Crippen molar-refractivity contribution in [3.8, 4) is 11.1 Å². The molecule has 0 saturated heterocycles. The molecule has 0 spiro atoms. The van der Waals surface area contributed by atoms with Gasteiger partial charge < -0.3 is 23.0 Å². The van der Waals surface area contributed by atoms with Crippen molar-refractivity contribution >= 4 is 151 Å². The summed E-state index contributed by atoms with van der Waals surface area (Å²) in [6, 6.07) is 87.0. The smallest absolute Gasteiger partial charge is 0.159 e. The summed E-state index contributed by atoms with van der Waals surface area (Å²) < 4.78 is 16.0. The van der Waals surface area contributed by atoms with Gasteiger partial charge in [-0.25, -0.2) is 0 Å². The Morgan fingerprint density at radius 1 is 0.346 bits per heavy atom. The molecule has 0 fully saturated rings. The van der Waals surface area contributed by atoms with E-state index in [0.717, 1.165) is 88.8 Å². The summed E-state index contributed by atoms with van der Waals surface area (Å²) in [4.78, 5) is 4.73. The van der Waals surface area contributed by atoms with Gasteiger partial charge in [0, 0.05) is 65.8 Å². The molecule has 4 heterocycles. The van der Waals surface area contributed by atoms with Gasteiger partial charge in [-0.05, 0) is 149 Å². The van der Waals surface area contributed by atoms with Gasteiger partial charge in [-0.3, -0.25) is 0 Å². The van der Waals surface area contributed by atoms with Crippen LogP contribution in [0.3, 0.4) is 0 Å². The van der Waals surface area contributed by atoms with Gasteiger partial charge in [0.15, 0.2) is 11.2 Å². The van der Waals surface area contributed by atoms with Gasteiger partial charge in [0.1, 0.15) is 11.2 Å². The van der Waals surface area contributed by atoms with E-state index in [1.807, 2.05) is 12.1 Å². The van der Waals surface area contributed by atoms with Gasteiger partial charge in [-0.2, -0.15) is 0 Å². The minimum atomic E-state index is -1.56. The number of para-hydroxylation sites is 4. The normalized spacial score (nSPS) is 12.4. The molecule has 12 aromatic carbocycles. The first-order valence-corrected chi connectivity index (χ1v) is 30.5. The van der Waals surface area contributed by atoms with E-state index in [-0.39, 0.29) is 0 Å². The van der Waals surface area contributed by atoms with Crippen LogP contribution < -0.4 is 15.0 Å². The third-order valence-corrected chi connectivity index (χ3v) is 18.5. The molecule has 4 aromatic heterocycles. The Labute approximate surface area is 451 Å². The average Bonchev–Trinajstić information content (AvgIpc) is 4.25. The Morgan fingerprint density at radius 3 is 1.32 bits per heavy atom. The summed E-state index contributed by atoms with van der Waals surface area (Å²) >= 11 is 0. The van der Waals surface area contributed by atoms with E-state index >= 15 is 0 Å². The first-order valence-electron chi connectivity index (χ1n) is 27.0. The molecule has 0 saturated carbocycles. The van der Waals surface area contributed by atoms with Crippen molar-refractivity contribution in [1.29, 1.82) is 0 Å². The number of hydrogen-bond acceptors (Lipinski definition) is 4. The minimum Gasteiger partial charge on any atom is -0.454 e. The Hall–Kier alpha value is -9.62. The predicted octanol–water partition coefficient (Wildman–Crippen LogP) is 20.4. The van der Waals surface area contributed by atoms with Crippen LogP contribution in [0.4, 0.5) is 34.1 Å². The van der Waals surface area contributed by atoms with Crippen LogP contribution in [0.25, 0.3) is 115 Å². The van der Waals surface area contributed by atoms with Crippen LogP contribution >= 0.6 is 0 Å². The van der Waals surface area contributed by atoms with E-state index < -0.39 is 8.07 Å². The molecule has 6 heteroatoms. The van der Waals surface area contributed by atoms with E-state index in [0.29, 0.717) is 0 Å². The molecule has 0 radical (unpaired) electrons. The molecule has 16 rings (SSSR count). The molecule has 0 bridgehead atoms. The fourth-order valence-corrected chi connectivity index (χ4v) is 13.7. The van der Waals surface area contributed by atoms with Gasteiger partial charge in [0.25, 0.3) is 0 Å². The molecule has 0 aliphatic heterocycles. The monoisotopic (exact) mass is 1020 g/mol. The average molecular weight is 1020 g/mol. The number of aromatic nitrogens is 1. The van der Waals surface area contributed by atoms with E-state index in [1.54, 1.807) is 0 Å². The molecule has 0 aliphatic carbocycles. The third-order valence-electron chi connectivity index (χ3n) is 16.4. The Morgan fingerprint density at radius 2 is 0.808 bits per heavy atom. The highest BCUT2D eigenvalue weighted by molar-refractivity contribution is 6.88. The van der Waals surface area contributed by atoms with E-state index in [9.17, 15) is 0 Å². The molecule has 0 amide bonds. The van der Waals surface area contributed by atoms with Crippen LogP contribution in [-0.2, 0) is 0 Å². The number of hydrogen-bond donors (Lipinski definition) is 0. The van der Waals surface area contributed by atoms with Gasteiger partial charge in [0.05, 0.1) is 36.0 Å². The number of aryl methyl sites for hydroxylation is 1. The second-order valence-corrected chi connectivity index (χ2v) is 27.3. The number of furan rings is 2. The number of rotatable bonds is 8. The van der Waals surface area contributed by atoms with E-state index in [4.69, 9.17) is 8.83 Å². The molecule has 0 unspecified atom stereocenters. The van der Waals surface area contributed by atoms with Gasteiger partial charge in [0.2, 0.25) is 0 Å². The zero-order chi connectivity index (χ0) is 52.0. The Balaban J connectivity index is 0.926. The zero-order valence-electron chi connectivity index (χ0n) is 43.7. The predicted molar refractivity (Wildman–Crippen MR) is 333 cm³/mol. The van der Waals surface area contributed by atoms with Crippen molar-refractivity contribution in [2.75, 3.05) is 9.80 Å². The topological polar surface area (TPSA) is 37.2 Å². The molecule has 5 nitrogen and oxygen atoms in total. The summed E-state index contributed by atoms with van der Waals surface area (Å²) in [7, 11) is -1.56. The van der Waals surface area contributed by atoms with Crippen molar-refractivity contribution in [2.24, 2.45) is 0 Å². The molecular formula is C72H51N3O2Si. The molecule has 370 valence electrons. The first kappa shape index (κ1) is 44.7. The lowest BCUT2D eigenvalue weighted by molar-refractivity contribution is 0.668. The van der Waals surface area contributed by atoms with Gasteiger partial charge in [-0.1, -0.05) is 158 Å². The lowest BCUT2D eigenvalue weighted by Crippen LogP contribution is -2.37. The largest absolute Gasteiger partial charge is 0.454 e. The summed E-state index contributed by atoms with van der Waals surface area (Å²) in [5.41, 5.74) is 17.0. The highest BCUT2D eigenvalue weighted by atomic mass is 28.3. The highest BCUT2D eigenvalue weighted by Crippen LogP contribution is 2.48. The Kier molecular flexibility index (Phi) is 9.55. The van der Waals surface area contributed by atoms with Gasteiger partial charge in [-0.15, -0.1) is 0 Å². The fourth-order valence-electron chi connectivity index (χ4n) is 12.6. The second kappa shape index (κ2) is 16.7. The highest BCUT2D eigenvalue weighted by Gasteiger charge is 2.25. The quantitative estimate of drug-likeness (QED) is 0.142. The zero-order valence-corrected chi connectivity index (χ0v) is 44.7. The summed E-state index contributed by atoms with van der Waals surface area (Å²) in [5, 5.41) is 15.5. The van der Waals surface area contributed by atoms with Crippen LogP contribution in [-0.4, -0.2) is 12.5 Å². The van der Waals surface area contributed by atoms with E-state index in [1.165, 1.54) is 70.7 Å². The maximum absolute atomic E-state index is 6.76. The summed E-state index contributed by atoms with van der Waals surface area (Å²) in [6.45, 7) is 9.36. The molecule has 78 heavy (non-hydrogen) atoms. The number of nitrogens with zero attached hydrogens (tertiary/aromatic N) is 3. The number of anilines is 6. The summed E-state index contributed by atoms with van der Waals surface area (Å²) in [6.07, 6.45) is 0. The van der Waals surface area contributed by atoms with Crippen LogP contribution in [0, 0.1) is 6.92 Å². The van der Waals surface area contributed by atoms with Crippen LogP contribution in [0.5, 0.6) is 0 Å². The lowest BCUT2D eigenvalue weighted by atomic mass is 9.97. The van der Waals surface area contributed by atoms with Crippen molar-refractivity contribution in [3.63, 3.8) is 0 Å². The first-order chi connectivity index (χ1) is 38.2. The number of fused-ring (bicyclic) bond motifs is 14. The van der Waals surface area contributed by atoms with Crippen molar-refractivity contribution in [1.82, 2.24) is 4.40 Å². The fraction of sp³-hybridized carbons (Fsp3) is 0.0556. The van der Waals surface area contributed by atoms with E-state index in [2.05, 4.69) is 265 Å². The SMILES string of the molecule is Cc1ccc(N(c2ccc3cc4c5cc(-c6ccccc6)cc6c7cc8ccc(N(c9ccc([Si](C)(C)C)cc9)c9cccc%10c9oc9ccccc9%10)cc8cc7n(c4cc3c2)c56)c2cccc3c2oc2ccccc23)cc1. The second-order valence-electron chi connectivity index (χ2n) is 22.2. The van der Waals surface area contributed by atoms with Crippen molar-refractivity contribution in [2.45, 2.75) is 26.6 Å². The molecule has 0 N–H and O–H groups in total. The van der Waals surface area contributed by atoms with Gasteiger partial charge >= 0.3 is 0 Å². The Bertz CT molecular complexity index is 5080. The molecule has 0 atom stereocenters. The minimum absolute atomic E-state index is 0.865. The van der Waals surface area contributed by atoms with Crippen LogP contribution in [0.1, 0.15) is 5.56 Å². The maximum atomic E-state index is 6.76. The maximum Gasteiger partial charge on any atom is 0.159 e.